The second kappa shape index (κ2) is 5.02. The van der Waals surface area contributed by atoms with Crippen molar-refractivity contribution in [3.63, 3.8) is 0 Å². The van der Waals surface area contributed by atoms with E-state index in [1.165, 1.54) is 16.3 Å². The first-order valence-corrected chi connectivity index (χ1v) is 8.94. The lowest BCUT2D eigenvalue weighted by atomic mass is 9.54. The minimum absolute atomic E-state index is 0.00462. The molecule has 3 aliphatic carbocycles. The van der Waals surface area contributed by atoms with Crippen LogP contribution in [0.25, 0.3) is 0 Å². The first-order chi connectivity index (χ1) is 7.66. The van der Waals surface area contributed by atoms with Gasteiger partial charge in [0.25, 0.3) is 0 Å². The molecule has 0 spiro atoms. The van der Waals surface area contributed by atoms with Gasteiger partial charge in [-0.1, -0.05) is 0 Å². The summed E-state index contributed by atoms with van der Waals surface area (Å²) in [6.07, 6.45) is 6.27. The molecule has 0 unspecified atom stereocenters. The third-order valence-corrected chi connectivity index (χ3v) is 5.40. The number of rotatable bonds is 4. The van der Waals surface area contributed by atoms with Crippen LogP contribution in [0, 0.1) is 10.8 Å². The monoisotopic (exact) mass is 356 g/mol. The van der Waals surface area contributed by atoms with E-state index in [2.05, 4.69) is 21.2 Å². The third kappa shape index (κ3) is 2.22. The van der Waals surface area contributed by atoms with Crippen LogP contribution in [0.4, 0.5) is 0 Å². The van der Waals surface area contributed by atoms with Crippen LogP contribution in [0.15, 0.2) is 0 Å². The second-order valence-corrected chi connectivity index (χ2v) is 6.54. The smallest absolute Gasteiger partial charge is 0.311 e. The van der Waals surface area contributed by atoms with E-state index in [1.807, 2.05) is 0 Å². The number of carbonyl (C=O) groups excluding carboxylic acids is 1. The van der Waals surface area contributed by atoms with Gasteiger partial charge < -0.3 is 8.92 Å². The summed E-state index contributed by atoms with van der Waals surface area (Å²) in [5, 5.41) is 0. The lowest BCUT2D eigenvalue weighted by Crippen LogP contribution is -2.47. The van der Waals surface area contributed by atoms with Crippen LogP contribution in [0.3, 0.4) is 0 Å². The van der Waals surface area contributed by atoms with Crippen LogP contribution in [-0.4, -0.2) is 19.7 Å². The van der Waals surface area contributed by atoms with Crippen LogP contribution >= 0.6 is 30.4 Å². The molecule has 3 fully saturated rings. The maximum atomic E-state index is 11.8. The molecular weight excluding hydrogens is 339 g/mol. The third-order valence-electron chi connectivity index (χ3n) is 4.43. The predicted molar refractivity (Wildman–Crippen MR) is 72.1 cm³/mol. The van der Waals surface area contributed by atoms with Crippen molar-refractivity contribution in [2.24, 2.45) is 10.8 Å². The standard InChI is InChI=1S/C11H17IO3S/c1-14-9(13)11-5-2-10(3-6-11,4-7-11)8-15-16-12/h2-8H2,1H3. The summed E-state index contributed by atoms with van der Waals surface area (Å²) >= 11 is 2.16. The van der Waals surface area contributed by atoms with E-state index >= 15 is 0 Å². The number of fused-ring (bicyclic) bond motifs is 3. The Morgan fingerprint density at radius 2 is 1.81 bits per heavy atom. The van der Waals surface area contributed by atoms with E-state index in [-0.39, 0.29) is 11.4 Å². The largest absolute Gasteiger partial charge is 0.469 e. The Bertz CT molecular complexity index is 258. The van der Waals surface area contributed by atoms with Crippen LogP contribution in [0.2, 0.25) is 0 Å². The molecule has 0 heterocycles. The minimum Gasteiger partial charge on any atom is -0.469 e. The first kappa shape index (κ1) is 13.0. The number of hydrogen-bond donors (Lipinski definition) is 0. The summed E-state index contributed by atoms with van der Waals surface area (Å²) in [5.74, 6) is 0.00462. The quantitative estimate of drug-likeness (QED) is 0.439. The average Bonchev–Trinajstić information content (AvgIpc) is 2.37. The van der Waals surface area contributed by atoms with Gasteiger partial charge in [-0.2, -0.15) is 0 Å². The Morgan fingerprint density at radius 1 is 1.25 bits per heavy atom. The fraction of sp³-hybridized carbons (Fsp3) is 0.909. The molecule has 2 bridgehead atoms. The van der Waals surface area contributed by atoms with Crippen molar-refractivity contribution in [2.45, 2.75) is 38.5 Å². The molecule has 0 saturated heterocycles. The maximum Gasteiger partial charge on any atom is 0.311 e. The van der Waals surface area contributed by atoms with Gasteiger partial charge >= 0.3 is 5.97 Å². The van der Waals surface area contributed by atoms with Crippen molar-refractivity contribution in [1.29, 1.82) is 0 Å². The molecule has 92 valence electrons. The summed E-state index contributed by atoms with van der Waals surface area (Å²) in [6.45, 7) is 0.831. The van der Waals surface area contributed by atoms with Gasteiger partial charge in [0.15, 0.2) is 0 Å². The molecule has 3 aliphatic rings. The molecule has 0 atom stereocenters. The van der Waals surface area contributed by atoms with Gasteiger partial charge in [-0.15, -0.1) is 0 Å². The topological polar surface area (TPSA) is 35.5 Å². The Morgan fingerprint density at radius 3 is 2.25 bits per heavy atom. The van der Waals surface area contributed by atoms with E-state index < -0.39 is 0 Å². The second-order valence-electron chi connectivity index (χ2n) is 5.10. The van der Waals surface area contributed by atoms with Gasteiger partial charge in [-0.3, -0.25) is 4.79 Å². The number of ether oxygens (including phenoxy) is 1. The van der Waals surface area contributed by atoms with Crippen molar-refractivity contribution in [3.05, 3.63) is 0 Å². The Labute approximate surface area is 113 Å². The molecule has 16 heavy (non-hydrogen) atoms. The zero-order chi connectivity index (χ0) is 11.6. The lowest BCUT2D eigenvalue weighted by molar-refractivity contribution is -0.163. The number of halogens is 1. The summed E-state index contributed by atoms with van der Waals surface area (Å²) in [6, 6.07) is 0. The van der Waals surface area contributed by atoms with Gasteiger partial charge in [-0.05, 0) is 43.9 Å². The molecule has 0 aromatic rings. The summed E-state index contributed by atoms with van der Waals surface area (Å²) in [5.41, 5.74) is 0.182. The molecule has 3 rings (SSSR count). The van der Waals surface area contributed by atoms with Crippen LogP contribution in [0.5, 0.6) is 0 Å². The zero-order valence-corrected chi connectivity index (χ0v) is 12.4. The summed E-state index contributed by atoms with van der Waals surface area (Å²) < 4.78 is 10.4. The molecule has 3 nitrogen and oxygen atoms in total. The molecule has 0 aliphatic heterocycles. The van der Waals surface area contributed by atoms with E-state index in [4.69, 9.17) is 8.92 Å². The highest BCUT2D eigenvalue weighted by molar-refractivity contribution is 14.2. The van der Waals surface area contributed by atoms with Crippen LogP contribution in [-0.2, 0) is 13.7 Å². The van der Waals surface area contributed by atoms with Gasteiger partial charge in [0.1, 0.15) is 0 Å². The molecule has 0 aromatic heterocycles. The fourth-order valence-corrected chi connectivity index (χ4v) is 3.83. The van der Waals surface area contributed by atoms with E-state index in [1.54, 1.807) is 0 Å². The summed E-state index contributed by atoms with van der Waals surface area (Å²) in [7, 11) is 2.92. The van der Waals surface area contributed by atoms with Crippen molar-refractivity contribution < 1.29 is 13.7 Å². The predicted octanol–water partition coefficient (Wildman–Crippen LogP) is 3.51. The molecule has 0 amide bonds. The maximum absolute atomic E-state index is 11.8. The Kier molecular flexibility index (Phi) is 4.06. The fourth-order valence-electron chi connectivity index (χ4n) is 3.15. The van der Waals surface area contributed by atoms with E-state index in [0.717, 1.165) is 45.1 Å². The van der Waals surface area contributed by atoms with Crippen LogP contribution in [0.1, 0.15) is 38.5 Å². The Hall–Kier alpha value is 0.510. The SMILES string of the molecule is COC(=O)C12CCC(COSI)(CC1)CC2. The molecule has 0 radical (unpaired) electrons. The van der Waals surface area contributed by atoms with Gasteiger partial charge in [0, 0.05) is 21.2 Å². The summed E-state index contributed by atoms with van der Waals surface area (Å²) in [4.78, 5) is 11.8. The van der Waals surface area contributed by atoms with Crippen molar-refractivity contribution in [2.75, 3.05) is 13.7 Å². The minimum atomic E-state index is -0.159. The number of carbonyl (C=O) groups is 1. The van der Waals surface area contributed by atoms with Crippen molar-refractivity contribution in [1.82, 2.24) is 0 Å². The number of hydrogen-bond acceptors (Lipinski definition) is 4. The van der Waals surface area contributed by atoms with Gasteiger partial charge in [0.2, 0.25) is 0 Å². The zero-order valence-electron chi connectivity index (χ0n) is 9.46. The molecule has 0 aromatic carbocycles. The highest BCUT2D eigenvalue weighted by Gasteiger charge is 2.53. The highest BCUT2D eigenvalue weighted by Crippen LogP contribution is 2.57. The highest BCUT2D eigenvalue weighted by atomic mass is 127. The normalized spacial score (nSPS) is 37.4. The van der Waals surface area contributed by atoms with E-state index in [9.17, 15) is 4.79 Å². The van der Waals surface area contributed by atoms with E-state index in [0.29, 0.717) is 5.41 Å². The first-order valence-electron chi connectivity index (χ1n) is 5.65. The molecule has 5 heteroatoms. The molecule has 3 saturated carbocycles. The van der Waals surface area contributed by atoms with Crippen molar-refractivity contribution in [3.8, 4) is 0 Å². The number of esters is 1. The van der Waals surface area contributed by atoms with Crippen molar-refractivity contribution >= 4 is 36.4 Å². The molecular formula is C11H17IO3S. The number of methoxy groups -OCH3 is 1. The Balaban J connectivity index is 2.00. The van der Waals surface area contributed by atoms with Crippen LogP contribution < -0.4 is 0 Å². The lowest BCUT2D eigenvalue weighted by Gasteiger charge is -2.51. The average molecular weight is 356 g/mol. The van der Waals surface area contributed by atoms with Gasteiger partial charge in [0.05, 0.1) is 28.3 Å². The van der Waals surface area contributed by atoms with Gasteiger partial charge in [-0.25, -0.2) is 0 Å². The molecule has 0 N–H and O–H groups in total.